The van der Waals surface area contributed by atoms with Crippen molar-refractivity contribution >= 4 is 34.6 Å². The van der Waals surface area contributed by atoms with Crippen molar-refractivity contribution in [3.8, 4) is 5.75 Å². The van der Waals surface area contributed by atoms with Gasteiger partial charge in [0.05, 0.1) is 23.7 Å². The molecule has 1 unspecified atom stereocenters. The van der Waals surface area contributed by atoms with Gasteiger partial charge < -0.3 is 15.0 Å². The smallest absolute Gasteiger partial charge is 0.235 e. The highest BCUT2D eigenvalue weighted by Crippen LogP contribution is 2.65. The maximum Gasteiger partial charge on any atom is 0.235 e. The molecule has 0 radical (unpaired) electrons. The van der Waals surface area contributed by atoms with Crippen molar-refractivity contribution in [1.29, 1.82) is 0 Å². The zero-order chi connectivity index (χ0) is 24.4. The fraction of sp³-hybridized carbons (Fsp3) is 0.267. The Morgan fingerprint density at radius 3 is 2.89 bits per heavy atom. The summed E-state index contributed by atoms with van der Waals surface area (Å²) in [4.78, 5) is 15.4. The molecule has 2 aliphatic heterocycles. The van der Waals surface area contributed by atoms with Crippen LogP contribution in [0.3, 0.4) is 0 Å². The van der Waals surface area contributed by atoms with E-state index >= 15 is 0 Å². The van der Waals surface area contributed by atoms with Gasteiger partial charge in [-0.2, -0.15) is 5.10 Å². The second-order valence-corrected chi connectivity index (χ2v) is 10.4. The monoisotopic (exact) mass is 476 g/mol. The standard InChI is InChI=1S/C30H28N4O2/c1-34-12-11-19-5-3-18(13-21(19)17-34)4-9-26-23-8-6-20(14-28(23)33-32-26)25-16-30(25)24-15-22(36-2)7-10-27(24)31-29(30)35/h3-10,13-15,25H,11-12,16-17H2,1-2H3,(H,31,35)(H,32,33)/b9-4+/t25-,30?/m0/s1. The maximum absolute atomic E-state index is 13.0. The largest absolute Gasteiger partial charge is 0.497 e. The van der Waals surface area contributed by atoms with Crippen molar-refractivity contribution < 1.29 is 9.53 Å². The van der Waals surface area contributed by atoms with E-state index in [4.69, 9.17) is 4.74 Å². The van der Waals surface area contributed by atoms with Crippen molar-refractivity contribution in [2.45, 2.75) is 30.7 Å². The third-order valence-electron chi connectivity index (χ3n) is 8.21. The minimum atomic E-state index is -0.499. The van der Waals surface area contributed by atoms with Crippen LogP contribution in [-0.4, -0.2) is 41.7 Å². The molecule has 180 valence electrons. The van der Waals surface area contributed by atoms with Crippen molar-refractivity contribution in [3.05, 3.63) is 88.1 Å². The first-order valence-corrected chi connectivity index (χ1v) is 12.5. The number of rotatable bonds is 4. The quantitative estimate of drug-likeness (QED) is 0.430. The molecule has 3 aliphatic rings. The number of carbonyl (C=O) groups is 1. The molecule has 6 nitrogen and oxygen atoms in total. The molecule has 1 spiro atoms. The number of ether oxygens (including phenoxy) is 1. The van der Waals surface area contributed by atoms with Crippen molar-refractivity contribution in [1.82, 2.24) is 15.1 Å². The van der Waals surface area contributed by atoms with Crippen LogP contribution in [0, 0.1) is 0 Å². The van der Waals surface area contributed by atoms with Gasteiger partial charge in [0.1, 0.15) is 5.75 Å². The van der Waals surface area contributed by atoms with Gasteiger partial charge in [-0.3, -0.25) is 9.89 Å². The average molecular weight is 477 g/mol. The van der Waals surface area contributed by atoms with Gasteiger partial charge in [0.2, 0.25) is 5.91 Å². The molecule has 3 heterocycles. The molecular formula is C30H28N4O2. The predicted octanol–water partition coefficient (Wildman–Crippen LogP) is 5.11. The SMILES string of the molecule is COc1ccc2c(c1)C1(C[C@H]1c1ccc3c(/C=C/c4ccc5c(c4)CN(C)CC5)n[nH]c3c1)C(=O)N2. The Bertz CT molecular complexity index is 1570. The Kier molecular flexibility index (Phi) is 4.63. The summed E-state index contributed by atoms with van der Waals surface area (Å²) < 4.78 is 5.42. The van der Waals surface area contributed by atoms with Crippen LogP contribution in [0.5, 0.6) is 5.75 Å². The predicted molar refractivity (Wildman–Crippen MR) is 142 cm³/mol. The summed E-state index contributed by atoms with van der Waals surface area (Å²) in [6.07, 6.45) is 6.14. The normalized spacial score (nSPS) is 22.7. The number of carbonyl (C=O) groups excluding carboxylic acids is 1. The molecule has 2 N–H and O–H groups in total. The number of aromatic amines is 1. The van der Waals surface area contributed by atoms with E-state index in [-0.39, 0.29) is 11.8 Å². The van der Waals surface area contributed by atoms with Crippen LogP contribution < -0.4 is 10.1 Å². The number of methoxy groups -OCH3 is 1. The molecule has 36 heavy (non-hydrogen) atoms. The molecule has 7 rings (SSSR count). The number of aromatic nitrogens is 2. The molecular weight excluding hydrogens is 448 g/mol. The topological polar surface area (TPSA) is 70.2 Å². The third-order valence-corrected chi connectivity index (χ3v) is 8.21. The number of nitrogens with one attached hydrogen (secondary N) is 2. The van der Waals surface area contributed by atoms with E-state index in [1.807, 2.05) is 18.2 Å². The number of fused-ring (bicyclic) bond motifs is 4. The van der Waals surface area contributed by atoms with Crippen LogP contribution in [0.4, 0.5) is 5.69 Å². The first-order chi connectivity index (χ1) is 17.5. The van der Waals surface area contributed by atoms with Gasteiger partial charge in [-0.25, -0.2) is 0 Å². The Morgan fingerprint density at radius 1 is 1.08 bits per heavy atom. The first-order valence-electron chi connectivity index (χ1n) is 12.5. The molecule has 1 aromatic heterocycles. The minimum Gasteiger partial charge on any atom is -0.497 e. The fourth-order valence-corrected chi connectivity index (χ4v) is 6.10. The van der Waals surface area contributed by atoms with Crippen LogP contribution in [0.2, 0.25) is 0 Å². The molecule has 4 aromatic rings. The second kappa shape index (κ2) is 7.80. The molecule has 1 fully saturated rings. The number of likely N-dealkylation sites (N-methyl/N-ethyl adjacent to an activating group) is 1. The number of hydrogen-bond donors (Lipinski definition) is 2. The summed E-state index contributed by atoms with van der Waals surface area (Å²) in [6, 6.07) is 19.0. The fourth-order valence-electron chi connectivity index (χ4n) is 6.10. The van der Waals surface area contributed by atoms with Crippen LogP contribution >= 0.6 is 0 Å². The first kappa shape index (κ1) is 21.4. The van der Waals surface area contributed by atoms with Crippen LogP contribution in [-0.2, 0) is 23.2 Å². The summed E-state index contributed by atoms with van der Waals surface area (Å²) >= 11 is 0. The van der Waals surface area contributed by atoms with E-state index in [0.29, 0.717) is 0 Å². The lowest BCUT2D eigenvalue weighted by Crippen LogP contribution is -2.26. The van der Waals surface area contributed by atoms with Gasteiger partial charge in [-0.15, -0.1) is 0 Å². The van der Waals surface area contributed by atoms with Gasteiger partial charge in [-0.05, 0) is 78.0 Å². The lowest BCUT2D eigenvalue weighted by molar-refractivity contribution is -0.118. The third kappa shape index (κ3) is 3.21. The lowest BCUT2D eigenvalue weighted by Gasteiger charge is -2.25. The van der Waals surface area contributed by atoms with Gasteiger partial charge in [0, 0.05) is 30.1 Å². The Hall–Kier alpha value is -3.90. The molecule has 1 aliphatic carbocycles. The molecule has 0 saturated heterocycles. The average Bonchev–Trinajstić information content (AvgIpc) is 3.43. The number of anilines is 1. The van der Waals surface area contributed by atoms with Gasteiger partial charge in [-0.1, -0.05) is 36.4 Å². The van der Waals surface area contributed by atoms with Crippen LogP contribution in [0.1, 0.15) is 45.8 Å². The Labute approximate surface area is 210 Å². The maximum atomic E-state index is 13.0. The highest BCUT2D eigenvalue weighted by molar-refractivity contribution is 6.10. The summed E-state index contributed by atoms with van der Waals surface area (Å²) in [7, 11) is 3.83. The van der Waals surface area contributed by atoms with E-state index in [0.717, 1.165) is 65.1 Å². The van der Waals surface area contributed by atoms with Crippen LogP contribution in [0.25, 0.3) is 23.1 Å². The van der Waals surface area contributed by atoms with Gasteiger partial charge >= 0.3 is 0 Å². The van der Waals surface area contributed by atoms with E-state index in [1.54, 1.807) is 7.11 Å². The zero-order valence-electron chi connectivity index (χ0n) is 20.5. The second-order valence-electron chi connectivity index (χ2n) is 10.4. The summed E-state index contributed by atoms with van der Waals surface area (Å²) in [5.74, 6) is 1.01. The molecule has 3 aromatic carbocycles. The van der Waals surface area contributed by atoms with E-state index in [9.17, 15) is 4.79 Å². The number of hydrogen-bond acceptors (Lipinski definition) is 4. The van der Waals surface area contributed by atoms with Gasteiger partial charge in [0.25, 0.3) is 0 Å². The number of nitrogens with zero attached hydrogens (tertiary/aromatic N) is 2. The summed E-state index contributed by atoms with van der Waals surface area (Å²) in [5.41, 5.74) is 8.57. The lowest BCUT2D eigenvalue weighted by atomic mass is 9.91. The van der Waals surface area contributed by atoms with Crippen molar-refractivity contribution in [2.24, 2.45) is 0 Å². The highest BCUT2D eigenvalue weighted by Gasteiger charge is 2.65. The number of amides is 1. The minimum absolute atomic E-state index is 0.0836. The number of H-pyrrole nitrogens is 1. The Balaban J connectivity index is 1.16. The Morgan fingerprint density at radius 2 is 2.00 bits per heavy atom. The molecule has 2 atom stereocenters. The van der Waals surface area contributed by atoms with Gasteiger partial charge in [0.15, 0.2) is 0 Å². The van der Waals surface area contributed by atoms with Crippen molar-refractivity contribution in [2.75, 3.05) is 26.0 Å². The highest BCUT2D eigenvalue weighted by atomic mass is 16.5. The van der Waals surface area contributed by atoms with Crippen LogP contribution in [0.15, 0.2) is 54.6 Å². The molecule has 1 amide bonds. The molecule has 1 saturated carbocycles. The van der Waals surface area contributed by atoms with Crippen molar-refractivity contribution in [3.63, 3.8) is 0 Å². The zero-order valence-corrected chi connectivity index (χ0v) is 20.5. The van der Waals surface area contributed by atoms with E-state index < -0.39 is 5.41 Å². The number of benzene rings is 3. The summed E-state index contributed by atoms with van der Waals surface area (Å²) in [6.45, 7) is 2.12. The van der Waals surface area contributed by atoms with E-state index in [2.05, 4.69) is 76.0 Å². The summed E-state index contributed by atoms with van der Waals surface area (Å²) in [5, 5.41) is 11.9. The molecule has 0 bridgehead atoms. The van der Waals surface area contributed by atoms with E-state index in [1.165, 1.54) is 16.7 Å². The molecule has 6 heteroatoms.